The van der Waals surface area contributed by atoms with E-state index in [9.17, 15) is 0 Å². The number of nitrogens with one attached hydrogen (secondary N) is 1. The second-order valence-corrected chi connectivity index (χ2v) is 5.66. The van der Waals surface area contributed by atoms with Crippen molar-refractivity contribution >= 4 is 0 Å². The van der Waals surface area contributed by atoms with Crippen molar-refractivity contribution in [2.75, 3.05) is 46.9 Å². The molecule has 0 aliphatic carbocycles. The Morgan fingerprint density at radius 1 is 1.33 bits per heavy atom. The van der Waals surface area contributed by atoms with Gasteiger partial charge in [0.15, 0.2) is 0 Å². The Labute approximate surface area is 112 Å². The molecule has 4 nitrogen and oxygen atoms in total. The molecular weight excluding hydrogens is 228 g/mol. The van der Waals surface area contributed by atoms with E-state index in [4.69, 9.17) is 9.47 Å². The third-order valence-electron chi connectivity index (χ3n) is 3.32. The molecule has 2 unspecified atom stereocenters. The summed E-state index contributed by atoms with van der Waals surface area (Å²) in [7, 11) is 3.75. The summed E-state index contributed by atoms with van der Waals surface area (Å²) in [6.45, 7) is 9.48. The second kappa shape index (κ2) is 8.86. The Kier molecular flexibility index (Phi) is 7.82. The van der Waals surface area contributed by atoms with Gasteiger partial charge < -0.3 is 14.8 Å². The fourth-order valence-electron chi connectivity index (χ4n) is 2.57. The van der Waals surface area contributed by atoms with E-state index in [1.807, 2.05) is 7.05 Å². The molecule has 0 amide bonds. The quantitative estimate of drug-likeness (QED) is 0.677. The highest BCUT2D eigenvalue weighted by molar-refractivity contribution is 4.78. The van der Waals surface area contributed by atoms with Gasteiger partial charge in [-0.25, -0.2) is 0 Å². The summed E-state index contributed by atoms with van der Waals surface area (Å²) in [5.74, 6) is 0.691. The van der Waals surface area contributed by atoms with Crippen molar-refractivity contribution in [1.29, 1.82) is 0 Å². The fraction of sp³-hybridized carbons (Fsp3) is 1.00. The lowest BCUT2D eigenvalue weighted by Crippen LogP contribution is -2.37. The van der Waals surface area contributed by atoms with Crippen LogP contribution in [0.25, 0.3) is 0 Å². The lowest BCUT2D eigenvalue weighted by molar-refractivity contribution is 0.0171. The average Bonchev–Trinajstić information content (AvgIpc) is 2.73. The predicted molar refractivity (Wildman–Crippen MR) is 75.0 cm³/mol. The van der Waals surface area contributed by atoms with Gasteiger partial charge in [-0.1, -0.05) is 13.8 Å². The minimum absolute atomic E-state index is 0.402. The molecule has 2 atom stereocenters. The van der Waals surface area contributed by atoms with Crippen molar-refractivity contribution in [2.45, 2.75) is 38.9 Å². The molecule has 0 aromatic heterocycles. The first kappa shape index (κ1) is 15.9. The van der Waals surface area contributed by atoms with Gasteiger partial charge >= 0.3 is 0 Å². The van der Waals surface area contributed by atoms with E-state index in [1.54, 1.807) is 7.11 Å². The van der Waals surface area contributed by atoms with Gasteiger partial charge in [0.2, 0.25) is 0 Å². The van der Waals surface area contributed by atoms with Crippen LogP contribution in [0.1, 0.15) is 26.7 Å². The summed E-state index contributed by atoms with van der Waals surface area (Å²) in [6.07, 6.45) is 3.18. The van der Waals surface area contributed by atoms with Gasteiger partial charge in [-0.15, -0.1) is 0 Å². The Morgan fingerprint density at radius 3 is 2.67 bits per heavy atom. The van der Waals surface area contributed by atoms with Crippen molar-refractivity contribution in [3.05, 3.63) is 0 Å². The molecule has 0 radical (unpaired) electrons. The van der Waals surface area contributed by atoms with Crippen LogP contribution in [0.5, 0.6) is 0 Å². The monoisotopic (exact) mass is 258 g/mol. The zero-order chi connectivity index (χ0) is 13.4. The molecule has 1 N–H and O–H groups in total. The van der Waals surface area contributed by atoms with E-state index in [0.29, 0.717) is 18.1 Å². The highest BCUT2D eigenvalue weighted by atomic mass is 16.5. The number of nitrogens with zero attached hydrogens (tertiary/aromatic N) is 1. The average molecular weight is 258 g/mol. The van der Waals surface area contributed by atoms with Gasteiger partial charge in [-0.3, -0.25) is 4.90 Å². The molecule has 0 bridgehead atoms. The molecule has 0 aromatic rings. The van der Waals surface area contributed by atoms with E-state index in [-0.39, 0.29) is 0 Å². The largest absolute Gasteiger partial charge is 0.383 e. The van der Waals surface area contributed by atoms with Crippen molar-refractivity contribution in [3.63, 3.8) is 0 Å². The summed E-state index contributed by atoms with van der Waals surface area (Å²) in [6, 6.07) is 0. The van der Waals surface area contributed by atoms with Crippen LogP contribution in [-0.2, 0) is 9.47 Å². The maximum atomic E-state index is 6.05. The molecule has 1 fully saturated rings. The van der Waals surface area contributed by atoms with E-state index in [0.717, 1.165) is 32.8 Å². The smallest absolute Gasteiger partial charge is 0.0707 e. The van der Waals surface area contributed by atoms with Crippen molar-refractivity contribution in [2.24, 2.45) is 5.92 Å². The van der Waals surface area contributed by atoms with E-state index >= 15 is 0 Å². The Hall–Kier alpha value is -0.160. The Morgan fingerprint density at radius 2 is 2.06 bits per heavy atom. The topological polar surface area (TPSA) is 33.7 Å². The van der Waals surface area contributed by atoms with Gasteiger partial charge in [0.1, 0.15) is 0 Å². The molecular formula is C14H30N2O2. The van der Waals surface area contributed by atoms with Crippen LogP contribution in [0.2, 0.25) is 0 Å². The first-order valence-corrected chi connectivity index (χ1v) is 7.17. The van der Waals surface area contributed by atoms with E-state index in [1.165, 1.54) is 12.8 Å². The highest BCUT2D eigenvalue weighted by Gasteiger charge is 2.26. The summed E-state index contributed by atoms with van der Waals surface area (Å²) < 4.78 is 11.2. The van der Waals surface area contributed by atoms with Crippen molar-refractivity contribution in [1.82, 2.24) is 10.2 Å². The summed E-state index contributed by atoms with van der Waals surface area (Å²) in [5.41, 5.74) is 0. The van der Waals surface area contributed by atoms with Crippen LogP contribution >= 0.6 is 0 Å². The molecule has 0 spiro atoms. The predicted octanol–water partition coefficient (Wildman–Crippen LogP) is 1.36. The standard InChI is InChI=1S/C14H30N2O2/c1-12(2)10-16(7-8-17-4)11-14-6-5-13(18-14)9-15-3/h12-15H,5-11H2,1-4H3. The third kappa shape index (κ3) is 6.14. The fourth-order valence-corrected chi connectivity index (χ4v) is 2.57. The second-order valence-electron chi connectivity index (χ2n) is 5.66. The molecule has 108 valence electrons. The van der Waals surface area contributed by atoms with Gasteiger partial charge in [0, 0.05) is 33.3 Å². The van der Waals surface area contributed by atoms with E-state index < -0.39 is 0 Å². The lowest BCUT2D eigenvalue weighted by Gasteiger charge is -2.27. The summed E-state index contributed by atoms with van der Waals surface area (Å²) in [4.78, 5) is 2.47. The zero-order valence-corrected chi connectivity index (χ0v) is 12.4. The first-order chi connectivity index (χ1) is 8.65. The number of hydrogen-bond donors (Lipinski definition) is 1. The molecule has 0 aromatic carbocycles. The number of likely N-dealkylation sites (N-methyl/N-ethyl adjacent to an activating group) is 1. The van der Waals surface area contributed by atoms with E-state index in [2.05, 4.69) is 24.1 Å². The van der Waals surface area contributed by atoms with Crippen LogP contribution in [0.3, 0.4) is 0 Å². The summed E-state index contributed by atoms with van der Waals surface area (Å²) in [5, 5.41) is 3.19. The maximum Gasteiger partial charge on any atom is 0.0707 e. The van der Waals surface area contributed by atoms with Gasteiger partial charge in [-0.2, -0.15) is 0 Å². The third-order valence-corrected chi connectivity index (χ3v) is 3.32. The van der Waals surface area contributed by atoms with Gasteiger partial charge in [0.25, 0.3) is 0 Å². The Balaban J connectivity index is 2.31. The number of methoxy groups -OCH3 is 1. The molecule has 1 heterocycles. The molecule has 1 rings (SSSR count). The lowest BCUT2D eigenvalue weighted by atomic mass is 10.1. The van der Waals surface area contributed by atoms with Crippen LogP contribution in [-0.4, -0.2) is 64.1 Å². The molecule has 1 saturated heterocycles. The first-order valence-electron chi connectivity index (χ1n) is 7.17. The molecule has 18 heavy (non-hydrogen) atoms. The Bertz CT molecular complexity index is 212. The van der Waals surface area contributed by atoms with Crippen LogP contribution in [0, 0.1) is 5.92 Å². The molecule has 0 saturated carbocycles. The minimum Gasteiger partial charge on any atom is -0.383 e. The zero-order valence-electron chi connectivity index (χ0n) is 12.4. The minimum atomic E-state index is 0.402. The molecule has 1 aliphatic heterocycles. The van der Waals surface area contributed by atoms with Crippen molar-refractivity contribution < 1.29 is 9.47 Å². The van der Waals surface area contributed by atoms with Crippen molar-refractivity contribution in [3.8, 4) is 0 Å². The van der Waals surface area contributed by atoms with Gasteiger partial charge in [-0.05, 0) is 25.8 Å². The van der Waals surface area contributed by atoms with Gasteiger partial charge in [0.05, 0.1) is 18.8 Å². The number of rotatable bonds is 9. The number of hydrogen-bond acceptors (Lipinski definition) is 4. The van der Waals surface area contributed by atoms with Crippen LogP contribution in [0.15, 0.2) is 0 Å². The number of ether oxygens (including phenoxy) is 2. The normalized spacial score (nSPS) is 24.3. The summed E-state index contributed by atoms with van der Waals surface area (Å²) >= 11 is 0. The highest BCUT2D eigenvalue weighted by Crippen LogP contribution is 2.20. The molecule has 1 aliphatic rings. The SMILES string of the molecule is CNCC1CCC(CN(CCOC)CC(C)C)O1. The van der Waals surface area contributed by atoms with Crippen LogP contribution < -0.4 is 5.32 Å². The maximum absolute atomic E-state index is 6.05. The van der Waals surface area contributed by atoms with Crippen LogP contribution in [0.4, 0.5) is 0 Å². The molecule has 4 heteroatoms.